The summed E-state index contributed by atoms with van der Waals surface area (Å²) in [4.78, 5) is 29.5. The van der Waals surface area contributed by atoms with Gasteiger partial charge in [-0.2, -0.15) is 0 Å². The fourth-order valence-corrected chi connectivity index (χ4v) is 4.21. The number of aryl methyl sites for hydroxylation is 1. The fraction of sp³-hybridized carbons (Fsp3) is 0.450. The average Bonchev–Trinajstić information content (AvgIpc) is 3.20. The first-order chi connectivity index (χ1) is 12.6. The molecule has 6 nitrogen and oxygen atoms in total. The van der Waals surface area contributed by atoms with Crippen LogP contribution in [0.25, 0.3) is 0 Å². The summed E-state index contributed by atoms with van der Waals surface area (Å²) in [6, 6.07) is 11.7. The Kier molecular flexibility index (Phi) is 4.26. The second-order valence-electron chi connectivity index (χ2n) is 7.37. The van der Waals surface area contributed by atoms with Crippen molar-refractivity contribution >= 4 is 11.8 Å². The van der Waals surface area contributed by atoms with E-state index in [4.69, 9.17) is 4.52 Å². The Morgan fingerprint density at radius 2 is 2.08 bits per heavy atom. The number of likely N-dealkylation sites (tertiary alicyclic amines) is 2. The minimum Gasteiger partial charge on any atom is -0.361 e. The molecule has 0 N–H and O–H groups in total. The number of nitrogens with zero attached hydrogens (tertiary/aromatic N) is 3. The van der Waals surface area contributed by atoms with Crippen LogP contribution in [0.15, 0.2) is 40.9 Å². The Balaban J connectivity index is 1.57. The number of amides is 2. The minimum atomic E-state index is -0.423. The van der Waals surface area contributed by atoms with Crippen LogP contribution < -0.4 is 0 Å². The van der Waals surface area contributed by atoms with Gasteiger partial charge in [0, 0.05) is 25.7 Å². The highest BCUT2D eigenvalue weighted by Crippen LogP contribution is 2.38. The summed E-state index contributed by atoms with van der Waals surface area (Å²) >= 11 is 0. The molecule has 2 aliphatic rings. The van der Waals surface area contributed by atoms with Crippen molar-refractivity contribution in [3.63, 3.8) is 0 Å². The molecule has 2 saturated heterocycles. The van der Waals surface area contributed by atoms with Crippen molar-refractivity contribution < 1.29 is 14.1 Å². The smallest absolute Gasteiger partial charge is 0.276 e. The highest BCUT2D eigenvalue weighted by Gasteiger charge is 2.50. The molecule has 1 aromatic carbocycles. The molecule has 3 heterocycles. The molecule has 0 bridgehead atoms. The number of hydrogen-bond acceptors (Lipinski definition) is 4. The van der Waals surface area contributed by atoms with Gasteiger partial charge in [0.2, 0.25) is 5.91 Å². The van der Waals surface area contributed by atoms with Gasteiger partial charge < -0.3 is 14.3 Å². The molecule has 1 spiro atoms. The monoisotopic (exact) mass is 353 g/mol. The van der Waals surface area contributed by atoms with Gasteiger partial charge in [-0.1, -0.05) is 35.5 Å². The summed E-state index contributed by atoms with van der Waals surface area (Å²) in [6.45, 7) is 3.61. The van der Waals surface area contributed by atoms with Gasteiger partial charge in [0.15, 0.2) is 5.69 Å². The standard InChI is InChI=1S/C20H23N3O3/c1-15-11-17(21-26-15)19(25)23-10-6-5-9-20(23)12-18(24)22(14-20)13-16-7-3-2-4-8-16/h2-4,7-8,11H,5-6,9-10,12-14H2,1H3/t20-/m1/s1. The van der Waals surface area contributed by atoms with E-state index in [2.05, 4.69) is 5.16 Å². The first-order valence-electron chi connectivity index (χ1n) is 9.14. The van der Waals surface area contributed by atoms with E-state index >= 15 is 0 Å². The average molecular weight is 353 g/mol. The predicted molar refractivity (Wildman–Crippen MR) is 95.3 cm³/mol. The third-order valence-electron chi connectivity index (χ3n) is 5.47. The quantitative estimate of drug-likeness (QED) is 0.851. The third-order valence-corrected chi connectivity index (χ3v) is 5.47. The molecular weight excluding hydrogens is 330 g/mol. The zero-order chi connectivity index (χ0) is 18.1. The Morgan fingerprint density at radius 3 is 2.81 bits per heavy atom. The van der Waals surface area contributed by atoms with Crippen LogP contribution in [0.2, 0.25) is 0 Å². The molecule has 2 amide bonds. The number of carbonyl (C=O) groups is 2. The van der Waals surface area contributed by atoms with Crippen LogP contribution in [-0.2, 0) is 11.3 Å². The van der Waals surface area contributed by atoms with Crippen LogP contribution in [0.3, 0.4) is 0 Å². The summed E-state index contributed by atoms with van der Waals surface area (Å²) in [7, 11) is 0. The van der Waals surface area contributed by atoms with Crippen LogP contribution in [-0.4, -0.2) is 45.4 Å². The van der Waals surface area contributed by atoms with Crippen LogP contribution >= 0.6 is 0 Å². The van der Waals surface area contributed by atoms with Crippen molar-refractivity contribution in [3.05, 3.63) is 53.4 Å². The summed E-state index contributed by atoms with van der Waals surface area (Å²) in [6.07, 6.45) is 3.24. The predicted octanol–water partition coefficient (Wildman–Crippen LogP) is 2.78. The van der Waals surface area contributed by atoms with E-state index in [0.29, 0.717) is 37.5 Å². The Bertz CT molecular complexity index is 817. The van der Waals surface area contributed by atoms with E-state index in [1.54, 1.807) is 13.0 Å². The van der Waals surface area contributed by atoms with Crippen LogP contribution in [0.5, 0.6) is 0 Å². The van der Waals surface area contributed by atoms with Gasteiger partial charge in [-0.05, 0) is 31.7 Å². The van der Waals surface area contributed by atoms with Crippen molar-refractivity contribution in [2.24, 2.45) is 0 Å². The molecule has 2 fully saturated rings. The number of hydrogen-bond donors (Lipinski definition) is 0. The van der Waals surface area contributed by atoms with Gasteiger partial charge in [-0.25, -0.2) is 0 Å². The molecule has 0 saturated carbocycles. The van der Waals surface area contributed by atoms with Crippen molar-refractivity contribution in [1.82, 2.24) is 15.0 Å². The maximum absolute atomic E-state index is 13.0. The van der Waals surface area contributed by atoms with Gasteiger partial charge in [-0.3, -0.25) is 9.59 Å². The van der Waals surface area contributed by atoms with Gasteiger partial charge in [0.05, 0.1) is 12.0 Å². The summed E-state index contributed by atoms with van der Waals surface area (Å²) < 4.78 is 5.07. The van der Waals surface area contributed by atoms with Gasteiger partial charge in [0.1, 0.15) is 5.76 Å². The third kappa shape index (κ3) is 3.00. The zero-order valence-electron chi connectivity index (χ0n) is 15.0. The molecule has 6 heteroatoms. The van der Waals surface area contributed by atoms with Crippen molar-refractivity contribution in [1.29, 1.82) is 0 Å². The van der Waals surface area contributed by atoms with Crippen molar-refractivity contribution in [2.75, 3.05) is 13.1 Å². The lowest BCUT2D eigenvalue weighted by atomic mass is 9.85. The number of carbonyl (C=O) groups excluding carboxylic acids is 2. The molecule has 2 aliphatic heterocycles. The highest BCUT2D eigenvalue weighted by molar-refractivity contribution is 5.94. The largest absolute Gasteiger partial charge is 0.361 e. The van der Waals surface area contributed by atoms with E-state index < -0.39 is 5.54 Å². The number of piperidine rings is 1. The minimum absolute atomic E-state index is 0.116. The van der Waals surface area contributed by atoms with Crippen molar-refractivity contribution in [3.8, 4) is 0 Å². The molecule has 1 aromatic heterocycles. The van der Waals surface area contributed by atoms with Crippen LogP contribution in [0, 0.1) is 6.92 Å². The molecule has 4 rings (SSSR count). The molecule has 0 radical (unpaired) electrons. The first-order valence-corrected chi connectivity index (χ1v) is 9.14. The summed E-state index contributed by atoms with van der Waals surface area (Å²) in [5.41, 5.74) is 1.02. The van der Waals surface area contributed by atoms with Gasteiger partial charge in [-0.15, -0.1) is 0 Å². The SMILES string of the molecule is Cc1cc(C(=O)N2CCCC[C@]23CC(=O)N(Cc2ccccc2)C3)no1. The molecular formula is C20H23N3O3. The molecule has 0 unspecified atom stereocenters. The van der Waals surface area contributed by atoms with Gasteiger partial charge in [0.25, 0.3) is 5.91 Å². The Hall–Kier alpha value is -2.63. The fourth-order valence-electron chi connectivity index (χ4n) is 4.21. The Labute approximate surface area is 152 Å². The van der Waals surface area contributed by atoms with Crippen LogP contribution in [0.1, 0.15) is 47.5 Å². The van der Waals surface area contributed by atoms with E-state index in [9.17, 15) is 9.59 Å². The number of rotatable bonds is 3. The van der Waals surface area contributed by atoms with Crippen molar-refractivity contribution in [2.45, 2.75) is 44.7 Å². The molecule has 26 heavy (non-hydrogen) atoms. The zero-order valence-corrected chi connectivity index (χ0v) is 15.0. The van der Waals surface area contributed by atoms with E-state index in [0.717, 1.165) is 24.8 Å². The van der Waals surface area contributed by atoms with Gasteiger partial charge >= 0.3 is 0 Å². The molecule has 136 valence electrons. The lowest BCUT2D eigenvalue weighted by molar-refractivity contribution is -0.128. The maximum Gasteiger partial charge on any atom is 0.276 e. The highest BCUT2D eigenvalue weighted by atomic mass is 16.5. The van der Waals surface area contributed by atoms with E-state index in [1.165, 1.54) is 0 Å². The number of aromatic nitrogens is 1. The maximum atomic E-state index is 13.0. The molecule has 0 aliphatic carbocycles. The van der Waals surface area contributed by atoms with Crippen LogP contribution in [0.4, 0.5) is 0 Å². The second-order valence-corrected chi connectivity index (χ2v) is 7.37. The Morgan fingerprint density at radius 1 is 1.27 bits per heavy atom. The normalized spacial score (nSPS) is 23.0. The topological polar surface area (TPSA) is 66.7 Å². The summed E-state index contributed by atoms with van der Waals surface area (Å²) in [5, 5.41) is 3.89. The van der Waals surface area contributed by atoms with E-state index in [-0.39, 0.29) is 11.8 Å². The second kappa shape index (κ2) is 6.59. The lowest BCUT2D eigenvalue weighted by Crippen LogP contribution is -2.56. The van der Waals surface area contributed by atoms with E-state index in [1.807, 2.05) is 40.1 Å². The molecule has 1 atom stereocenters. The molecule has 2 aromatic rings. The number of benzene rings is 1. The summed E-state index contributed by atoms with van der Waals surface area (Å²) in [5.74, 6) is 0.605. The lowest BCUT2D eigenvalue weighted by Gasteiger charge is -2.44. The first kappa shape index (κ1) is 16.8.